The Morgan fingerprint density at radius 3 is 2.40 bits per heavy atom. The molecule has 1 amide bonds. The molecule has 0 aromatic carbocycles. The normalized spacial score (nSPS) is 10.4. The molecule has 7 nitrogen and oxygen atoms in total. The molecule has 0 aliphatic rings. The number of amides is 1. The summed E-state index contributed by atoms with van der Waals surface area (Å²) in [5.41, 5.74) is 5.93. The van der Waals surface area contributed by atoms with Gasteiger partial charge in [0.25, 0.3) is 0 Å². The molecule has 0 bridgehead atoms. The predicted octanol–water partition coefficient (Wildman–Crippen LogP) is 1.93. The smallest absolute Gasteiger partial charge is 0.404 e. The van der Waals surface area contributed by atoms with Crippen molar-refractivity contribution in [3.8, 4) is 0 Å². The molecule has 0 atom stereocenters. The maximum atomic E-state index is 10.5. The van der Waals surface area contributed by atoms with Gasteiger partial charge >= 0.3 is 6.09 Å². The van der Waals surface area contributed by atoms with Crippen molar-refractivity contribution < 1.29 is 9.53 Å². The molecule has 7 heteroatoms. The van der Waals surface area contributed by atoms with E-state index in [1.165, 1.54) is 6.33 Å². The fourth-order valence-electron chi connectivity index (χ4n) is 1.79. The number of nitrogens with one attached hydrogen (secondary N) is 2. The van der Waals surface area contributed by atoms with Gasteiger partial charge in [-0.05, 0) is 12.3 Å². The second-order valence-electron chi connectivity index (χ2n) is 4.66. The summed E-state index contributed by atoms with van der Waals surface area (Å²) < 4.78 is 4.68. The van der Waals surface area contributed by atoms with Gasteiger partial charge in [0.1, 0.15) is 24.6 Å². The lowest BCUT2D eigenvalue weighted by Gasteiger charge is -2.17. The van der Waals surface area contributed by atoms with Gasteiger partial charge in [0.15, 0.2) is 0 Å². The van der Waals surface area contributed by atoms with Crippen molar-refractivity contribution in [1.82, 2.24) is 9.97 Å². The van der Waals surface area contributed by atoms with Crippen LogP contribution in [-0.2, 0) is 4.74 Å². The summed E-state index contributed by atoms with van der Waals surface area (Å²) in [6.07, 6.45) is 1.77. The van der Waals surface area contributed by atoms with E-state index in [-0.39, 0.29) is 12.5 Å². The zero-order valence-electron chi connectivity index (χ0n) is 12.3. The summed E-state index contributed by atoms with van der Waals surface area (Å²) in [4.78, 5) is 19.0. The average molecular weight is 281 g/mol. The molecule has 1 rings (SSSR count). The minimum Gasteiger partial charge on any atom is -0.448 e. The molecule has 0 spiro atoms. The first-order valence-corrected chi connectivity index (χ1v) is 6.81. The summed E-state index contributed by atoms with van der Waals surface area (Å²) in [6.45, 7) is 7.79. The first kappa shape index (κ1) is 16.0. The van der Waals surface area contributed by atoms with E-state index in [1.54, 1.807) is 0 Å². The maximum absolute atomic E-state index is 10.5. The lowest BCUT2D eigenvalue weighted by atomic mass is 10.0. The number of nitrogens with zero attached hydrogens (tertiary/aromatic N) is 2. The zero-order chi connectivity index (χ0) is 15.0. The van der Waals surface area contributed by atoms with E-state index in [0.29, 0.717) is 6.54 Å². The number of aromatic nitrogens is 2. The Morgan fingerprint density at radius 2 is 1.90 bits per heavy atom. The number of nitrogens with two attached hydrogens (primary N) is 1. The van der Waals surface area contributed by atoms with Crippen LogP contribution in [0.5, 0.6) is 0 Å². The van der Waals surface area contributed by atoms with Crippen molar-refractivity contribution in [3.05, 3.63) is 11.9 Å². The highest BCUT2D eigenvalue weighted by molar-refractivity contribution is 5.64. The Labute approximate surface area is 119 Å². The van der Waals surface area contributed by atoms with Gasteiger partial charge in [-0.25, -0.2) is 14.8 Å². The Kier molecular flexibility index (Phi) is 6.55. The first-order valence-electron chi connectivity index (χ1n) is 6.81. The molecule has 0 aliphatic heterocycles. The largest absolute Gasteiger partial charge is 0.448 e. The Bertz CT molecular complexity index is 437. The third-order valence-electron chi connectivity index (χ3n) is 2.64. The van der Waals surface area contributed by atoms with Crippen LogP contribution in [0.1, 0.15) is 38.7 Å². The fraction of sp³-hybridized carbons (Fsp3) is 0.615. The number of anilines is 2. The molecule has 1 aromatic rings. The summed E-state index contributed by atoms with van der Waals surface area (Å²) in [6, 6.07) is 0. The van der Waals surface area contributed by atoms with Crippen molar-refractivity contribution in [2.45, 2.75) is 33.1 Å². The number of hydrogen-bond donors (Lipinski definition) is 3. The Morgan fingerprint density at radius 1 is 1.30 bits per heavy atom. The van der Waals surface area contributed by atoms with E-state index in [9.17, 15) is 4.79 Å². The summed E-state index contributed by atoms with van der Waals surface area (Å²) >= 11 is 0. The van der Waals surface area contributed by atoms with Crippen LogP contribution < -0.4 is 16.4 Å². The number of carbonyl (C=O) groups is 1. The quantitative estimate of drug-likeness (QED) is 0.629. The summed E-state index contributed by atoms with van der Waals surface area (Å²) in [5.74, 6) is 1.87. The second kappa shape index (κ2) is 8.19. The van der Waals surface area contributed by atoms with Crippen LogP contribution >= 0.6 is 0 Å². The number of carbonyl (C=O) groups excluding carboxylic acids is 1. The summed E-state index contributed by atoms with van der Waals surface area (Å²) in [7, 11) is 0. The molecule has 0 radical (unpaired) electrons. The SMILES string of the molecule is CCCNc1ncnc(NCCOC(N)=O)c1C(C)C. The molecule has 20 heavy (non-hydrogen) atoms. The van der Waals surface area contributed by atoms with Gasteiger partial charge in [-0.1, -0.05) is 20.8 Å². The van der Waals surface area contributed by atoms with E-state index in [2.05, 4.69) is 46.1 Å². The van der Waals surface area contributed by atoms with Gasteiger partial charge in [-0.2, -0.15) is 0 Å². The van der Waals surface area contributed by atoms with E-state index >= 15 is 0 Å². The third-order valence-corrected chi connectivity index (χ3v) is 2.64. The first-order chi connectivity index (χ1) is 9.56. The standard InChI is InChI=1S/C13H23N5O2/c1-4-5-15-11-10(9(2)3)12(18-8-17-11)16-6-7-20-13(14)19/h8-9H,4-7H2,1-3H3,(H2,14,19)(H2,15,16,17,18). The molecular weight excluding hydrogens is 258 g/mol. The Balaban J connectivity index is 2.75. The van der Waals surface area contributed by atoms with Crippen molar-refractivity contribution in [3.63, 3.8) is 0 Å². The highest BCUT2D eigenvalue weighted by atomic mass is 16.5. The van der Waals surface area contributed by atoms with E-state index < -0.39 is 6.09 Å². The monoisotopic (exact) mass is 281 g/mol. The van der Waals surface area contributed by atoms with Gasteiger partial charge < -0.3 is 21.1 Å². The minimum atomic E-state index is -0.774. The number of ether oxygens (including phenoxy) is 1. The second-order valence-corrected chi connectivity index (χ2v) is 4.66. The van der Waals surface area contributed by atoms with E-state index in [4.69, 9.17) is 5.73 Å². The number of primary amides is 1. The van der Waals surface area contributed by atoms with Crippen LogP contribution in [0, 0.1) is 0 Å². The lowest BCUT2D eigenvalue weighted by Crippen LogP contribution is -2.19. The molecule has 0 fully saturated rings. The zero-order valence-corrected chi connectivity index (χ0v) is 12.3. The maximum Gasteiger partial charge on any atom is 0.404 e. The van der Waals surface area contributed by atoms with Crippen molar-refractivity contribution in [2.75, 3.05) is 30.3 Å². The van der Waals surface area contributed by atoms with Gasteiger partial charge in [0.2, 0.25) is 0 Å². The fourth-order valence-corrected chi connectivity index (χ4v) is 1.79. The topological polar surface area (TPSA) is 102 Å². The number of hydrogen-bond acceptors (Lipinski definition) is 6. The van der Waals surface area contributed by atoms with Crippen molar-refractivity contribution in [1.29, 1.82) is 0 Å². The molecule has 0 aliphatic carbocycles. The predicted molar refractivity (Wildman–Crippen MR) is 78.9 cm³/mol. The third kappa shape index (κ3) is 4.91. The van der Waals surface area contributed by atoms with Crippen LogP contribution in [0.4, 0.5) is 16.4 Å². The molecule has 4 N–H and O–H groups in total. The highest BCUT2D eigenvalue weighted by Crippen LogP contribution is 2.28. The van der Waals surface area contributed by atoms with Crippen LogP contribution in [0.3, 0.4) is 0 Å². The molecule has 1 aromatic heterocycles. The molecule has 0 saturated carbocycles. The van der Waals surface area contributed by atoms with Crippen LogP contribution in [-0.4, -0.2) is 35.8 Å². The minimum absolute atomic E-state index is 0.203. The van der Waals surface area contributed by atoms with Gasteiger partial charge in [0.05, 0.1) is 6.54 Å². The van der Waals surface area contributed by atoms with Crippen LogP contribution in [0.2, 0.25) is 0 Å². The van der Waals surface area contributed by atoms with E-state index in [1.807, 2.05) is 0 Å². The van der Waals surface area contributed by atoms with Crippen LogP contribution in [0.25, 0.3) is 0 Å². The van der Waals surface area contributed by atoms with Gasteiger partial charge in [0, 0.05) is 12.1 Å². The lowest BCUT2D eigenvalue weighted by molar-refractivity contribution is 0.161. The van der Waals surface area contributed by atoms with Gasteiger partial charge in [-0.15, -0.1) is 0 Å². The average Bonchev–Trinajstić information content (AvgIpc) is 2.40. The molecule has 112 valence electrons. The van der Waals surface area contributed by atoms with Crippen LogP contribution in [0.15, 0.2) is 6.33 Å². The van der Waals surface area contributed by atoms with Crippen molar-refractivity contribution >= 4 is 17.7 Å². The highest BCUT2D eigenvalue weighted by Gasteiger charge is 2.14. The van der Waals surface area contributed by atoms with Gasteiger partial charge in [-0.3, -0.25) is 0 Å². The molecule has 0 saturated heterocycles. The number of rotatable bonds is 8. The summed E-state index contributed by atoms with van der Waals surface area (Å²) in [5, 5.41) is 6.44. The molecule has 0 unspecified atom stereocenters. The molecular formula is C13H23N5O2. The van der Waals surface area contributed by atoms with E-state index in [0.717, 1.165) is 30.2 Å². The Hall–Kier alpha value is -2.05. The van der Waals surface area contributed by atoms with Crippen molar-refractivity contribution in [2.24, 2.45) is 5.73 Å². The molecule has 1 heterocycles.